The maximum absolute atomic E-state index is 10.7. The van der Waals surface area contributed by atoms with Crippen LogP contribution in [0.3, 0.4) is 0 Å². The van der Waals surface area contributed by atoms with Crippen molar-refractivity contribution in [3.05, 3.63) is 16.6 Å². The number of hydrogen-bond acceptors (Lipinski definition) is 4. The monoisotopic (exact) mass is 186 g/mol. The van der Waals surface area contributed by atoms with E-state index in [1.54, 1.807) is 10.9 Å². The Balaban J connectivity index is 2.73. The molecule has 0 radical (unpaired) electrons. The summed E-state index contributed by atoms with van der Waals surface area (Å²) in [5.74, 6) is -0.886. The normalized spacial score (nSPS) is 12.8. The van der Waals surface area contributed by atoms with Crippen LogP contribution in [0.2, 0.25) is 0 Å². The van der Waals surface area contributed by atoms with Crippen LogP contribution < -0.4 is 5.32 Å². The topological polar surface area (TPSA) is 62.2 Å². The van der Waals surface area contributed by atoms with E-state index in [2.05, 4.69) is 10.3 Å². The molecule has 1 aromatic heterocycles. The lowest BCUT2D eigenvalue weighted by Crippen LogP contribution is -2.28. The lowest BCUT2D eigenvalue weighted by Gasteiger charge is -2.09. The number of nitrogens with one attached hydrogen (secondary N) is 1. The van der Waals surface area contributed by atoms with Gasteiger partial charge >= 0.3 is 5.97 Å². The Bertz CT molecular complexity index is 248. The lowest BCUT2D eigenvalue weighted by molar-refractivity contribution is -0.139. The molecule has 0 aliphatic heterocycles. The van der Waals surface area contributed by atoms with Gasteiger partial charge in [0, 0.05) is 5.38 Å². The van der Waals surface area contributed by atoms with E-state index >= 15 is 0 Å². The third kappa shape index (κ3) is 2.02. The number of rotatable bonds is 4. The predicted molar refractivity (Wildman–Crippen MR) is 46.2 cm³/mol. The summed E-state index contributed by atoms with van der Waals surface area (Å²) < 4.78 is 0. The fourth-order valence-electron chi connectivity index (χ4n) is 0.887. The molecule has 2 N–H and O–H groups in total. The van der Waals surface area contributed by atoms with Crippen molar-refractivity contribution in [3.8, 4) is 0 Å². The largest absolute Gasteiger partial charge is 0.480 e. The minimum absolute atomic E-state index is 0.578. The molecular weight excluding hydrogens is 176 g/mol. The van der Waals surface area contributed by atoms with Crippen LogP contribution in [0, 0.1) is 0 Å². The minimum atomic E-state index is -0.886. The molecule has 0 aromatic carbocycles. The predicted octanol–water partition coefficient (Wildman–Crippen LogP) is 0.878. The highest BCUT2D eigenvalue weighted by Crippen LogP contribution is 2.12. The maximum Gasteiger partial charge on any atom is 0.327 e. The number of carbonyl (C=O) groups is 1. The van der Waals surface area contributed by atoms with E-state index in [-0.39, 0.29) is 0 Å². The average Bonchev–Trinajstić information content (AvgIpc) is 2.51. The molecule has 0 saturated carbocycles. The van der Waals surface area contributed by atoms with Crippen molar-refractivity contribution in [2.75, 3.05) is 6.54 Å². The van der Waals surface area contributed by atoms with Crippen LogP contribution in [0.1, 0.15) is 18.7 Å². The number of carboxylic acids is 1. The lowest BCUT2D eigenvalue weighted by atomic mass is 10.2. The van der Waals surface area contributed by atoms with Gasteiger partial charge in [-0.3, -0.25) is 10.1 Å². The van der Waals surface area contributed by atoms with Crippen molar-refractivity contribution < 1.29 is 9.90 Å². The molecule has 4 nitrogen and oxygen atoms in total. The Morgan fingerprint density at radius 1 is 1.92 bits per heavy atom. The van der Waals surface area contributed by atoms with Crippen LogP contribution in [-0.2, 0) is 4.79 Å². The number of nitrogens with zero attached hydrogens (tertiary/aromatic N) is 1. The van der Waals surface area contributed by atoms with Crippen molar-refractivity contribution in [2.45, 2.75) is 13.0 Å². The first-order chi connectivity index (χ1) is 5.75. The molecule has 5 heteroatoms. The second-order valence-electron chi connectivity index (χ2n) is 2.24. The molecule has 0 saturated heterocycles. The Hall–Kier alpha value is -0.940. The molecule has 0 spiro atoms. The SMILES string of the molecule is CCNC(C(=O)O)c1cscn1. The molecule has 1 aromatic rings. The second kappa shape index (κ2) is 4.18. The molecule has 0 amide bonds. The van der Waals surface area contributed by atoms with Crippen LogP contribution >= 0.6 is 11.3 Å². The van der Waals surface area contributed by atoms with Crippen LogP contribution in [0.15, 0.2) is 10.9 Å². The summed E-state index contributed by atoms with van der Waals surface area (Å²) in [6.45, 7) is 2.48. The minimum Gasteiger partial charge on any atom is -0.480 e. The van der Waals surface area contributed by atoms with E-state index in [9.17, 15) is 4.79 Å². The van der Waals surface area contributed by atoms with E-state index in [0.717, 1.165) is 0 Å². The number of thiazole rings is 1. The Morgan fingerprint density at radius 3 is 3.08 bits per heavy atom. The summed E-state index contributed by atoms with van der Waals surface area (Å²) in [4.78, 5) is 14.6. The Labute approximate surface area is 74.3 Å². The van der Waals surface area contributed by atoms with Gasteiger partial charge in [0.1, 0.15) is 6.04 Å². The van der Waals surface area contributed by atoms with Gasteiger partial charge in [0.2, 0.25) is 0 Å². The van der Waals surface area contributed by atoms with Crippen molar-refractivity contribution in [2.24, 2.45) is 0 Å². The zero-order valence-corrected chi connectivity index (χ0v) is 7.47. The van der Waals surface area contributed by atoms with Gasteiger partial charge in [-0.1, -0.05) is 6.92 Å². The van der Waals surface area contributed by atoms with Gasteiger partial charge in [-0.15, -0.1) is 11.3 Å². The summed E-state index contributed by atoms with van der Waals surface area (Å²) in [6.07, 6.45) is 0. The fraction of sp³-hybridized carbons (Fsp3) is 0.429. The van der Waals surface area contributed by atoms with E-state index in [1.165, 1.54) is 11.3 Å². The molecule has 1 unspecified atom stereocenters. The van der Waals surface area contributed by atoms with Crippen molar-refractivity contribution in [3.63, 3.8) is 0 Å². The number of carboxylic acid groups (broad SMARTS) is 1. The number of hydrogen-bond donors (Lipinski definition) is 2. The number of aliphatic carboxylic acids is 1. The molecule has 0 aliphatic carbocycles. The van der Waals surface area contributed by atoms with Gasteiger partial charge in [-0.25, -0.2) is 4.98 Å². The van der Waals surface area contributed by atoms with Gasteiger partial charge in [0.05, 0.1) is 11.2 Å². The molecule has 1 atom stereocenters. The highest BCUT2D eigenvalue weighted by atomic mass is 32.1. The summed E-state index contributed by atoms with van der Waals surface area (Å²) in [5.41, 5.74) is 2.21. The Morgan fingerprint density at radius 2 is 2.67 bits per heavy atom. The smallest absolute Gasteiger partial charge is 0.327 e. The molecular formula is C7H10N2O2S. The van der Waals surface area contributed by atoms with Gasteiger partial charge < -0.3 is 5.11 Å². The number of likely N-dealkylation sites (N-methyl/N-ethyl adjacent to an activating group) is 1. The molecule has 12 heavy (non-hydrogen) atoms. The third-order valence-corrected chi connectivity index (χ3v) is 2.01. The second-order valence-corrected chi connectivity index (χ2v) is 2.96. The standard InChI is InChI=1S/C7H10N2O2S/c1-2-8-6(7(10)11)5-3-12-4-9-5/h3-4,6,8H,2H2,1H3,(H,10,11). The van der Waals surface area contributed by atoms with Crippen LogP contribution in [0.4, 0.5) is 0 Å². The van der Waals surface area contributed by atoms with Gasteiger partial charge in [0.15, 0.2) is 0 Å². The molecule has 1 heterocycles. The van der Waals surface area contributed by atoms with Gasteiger partial charge in [0.25, 0.3) is 0 Å². The van der Waals surface area contributed by atoms with Crippen LogP contribution in [0.25, 0.3) is 0 Å². The van der Waals surface area contributed by atoms with Crippen LogP contribution in [-0.4, -0.2) is 22.6 Å². The summed E-state index contributed by atoms with van der Waals surface area (Å²) in [5, 5.41) is 13.3. The summed E-state index contributed by atoms with van der Waals surface area (Å²) >= 11 is 1.40. The van der Waals surface area contributed by atoms with Gasteiger partial charge in [-0.2, -0.15) is 0 Å². The quantitative estimate of drug-likeness (QED) is 0.732. The Kier molecular flexibility index (Phi) is 3.19. The first-order valence-electron chi connectivity index (χ1n) is 3.60. The molecule has 0 aliphatic rings. The first kappa shape index (κ1) is 9.15. The summed E-state index contributed by atoms with van der Waals surface area (Å²) in [6, 6.07) is -0.666. The van der Waals surface area contributed by atoms with E-state index in [4.69, 9.17) is 5.11 Å². The zero-order chi connectivity index (χ0) is 8.97. The fourth-order valence-corrected chi connectivity index (χ4v) is 1.47. The highest BCUT2D eigenvalue weighted by Gasteiger charge is 2.19. The van der Waals surface area contributed by atoms with Crippen molar-refractivity contribution in [1.82, 2.24) is 10.3 Å². The van der Waals surface area contributed by atoms with E-state index in [0.29, 0.717) is 12.2 Å². The van der Waals surface area contributed by atoms with E-state index in [1.807, 2.05) is 6.92 Å². The van der Waals surface area contributed by atoms with Crippen molar-refractivity contribution >= 4 is 17.3 Å². The maximum atomic E-state index is 10.7. The molecule has 1 rings (SSSR count). The van der Waals surface area contributed by atoms with Crippen molar-refractivity contribution in [1.29, 1.82) is 0 Å². The molecule has 0 bridgehead atoms. The van der Waals surface area contributed by atoms with Gasteiger partial charge in [-0.05, 0) is 6.54 Å². The van der Waals surface area contributed by atoms with Crippen LogP contribution in [0.5, 0.6) is 0 Å². The molecule has 66 valence electrons. The average molecular weight is 186 g/mol. The highest BCUT2D eigenvalue weighted by molar-refractivity contribution is 7.07. The van der Waals surface area contributed by atoms with E-state index < -0.39 is 12.0 Å². The molecule has 0 fully saturated rings. The third-order valence-electron chi connectivity index (χ3n) is 1.40. The first-order valence-corrected chi connectivity index (χ1v) is 4.54. The summed E-state index contributed by atoms with van der Waals surface area (Å²) in [7, 11) is 0. The number of aromatic nitrogens is 1. The zero-order valence-electron chi connectivity index (χ0n) is 6.65.